The van der Waals surface area contributed by atoms with Crippen molar-refractivity contribution in [2.75, 3.05) is 19.4 Å². The van der Waals surface area contributed by atoms with E-state index in [1.165, 1.54) is 16.7 Å². The highest BCUT2D eigenvalue weighted by molar-refractivity contribution is 5.42. The third-order valence-corrected chi connectivity index (χ3v) is 3.14. The lowest BCUT2D eigenvalue weighted by Gasteiger charge is -2.18. The molecule has 2 rings (SSSR count). The molecule has 0 saturated carbocycles. The van der Waals surface area contributed by atoms with E-state index < -0.39 is 0 Å². The summed E-state index contributed by atoms with van der Waals surface area (Å²) in [6.07, 6.45) is 1.81. The molecule has 100 valence electrons. The number of pyridine rings is 1. The Morgan fingerprint density at radius 1 is 1.11 bits per heavy atom. The van der Waals surface area contributed by atoms with Gasteiger partial charge in [0.15, 0.2) is 0 Å². The molecule has 3 nitrogen and oxygen atoms in total. The van der Waals surface area contributed by atoms with Crippen molar-refractivity contribution in [3.8, 4) is 0 Å². The second-order valence-electron chi connectivity index (χ2n) is 4.92. The van der Waals surface area contributed by atoms with Crippen molar-refractivity contribution in [3.63, 3.8) is 0 Å². The number of benzene rings is 1. The van der Waals surface area contributed by atoms with Gasteiger partial charge in [0, 0.05) is 31.9 Å². The van der Waals surface area contributed by atoms with E-state index in [1.54, 1.807) is 0 Å². The van der Waals surface area contributed by atoms with Crippen molar-refractivity contribution < 1.29 is 0 Å². The zero-order valence-electron chi connectivity index (χ0n) is 11.9. The molecule has 0 aliphatic heterocycles. The number of aromatic nitrogens is 1. The average molecular weight is 255 g/mol. The summed E-state index contributed by atoms with van der Waals surface area (Å²) in [6, 6.07) is 12.8. The molecule has 1 heterocycles. The number of hydrogen-bond acceptors (Lipinski definition) is 3. The van der Waals surface area contributed by atoms with Gasteiger partial charge < -0.3 is 5.32 Å². The number of nitrogens with one attached hydrogen (secondary N) is 1. The van der Waals surface area contributed by atoms with Crippen LogP contribution >= 0.6 is 0 Å². The van der Waals surface area contributed by atoms with Crippen LogP contribution in [0.4, 0.5) is 5.82 Å². The quantitative estimate of drug-likeness (QED) is 0.890. The molecule has 0 bridgehead atoms. The first-order valence-electron chi connectivity index (χ1n) is 6.55. The van der Waals surface area contributed by atoms with Crippen molar-refractivity contribution in [1.82, 2.24) is 9.88 Å². The minimum Gasteiger partial charge on any atom is -0.373 e. The Morgan fingerprint density at radius 2 is 1.84 bits per heavy atom. The van der Waals surface area contributed by atoms with Crippen LogP contribution in [0, 0.1) is 6.92 Å². The second kappa shape index (κ2) is 6.34. The smallest absolute Gasteiger partial charge is 0.130 e. The van der Waals surface area contributed by atoms with E-state index in [-0.39, 0.29) is 0 Å². The van der Waals surface area contributed by atoms with Crippen LogP contribution in [0.15, 0.2) is 42.6 Å². The zero-order chi connectivity index (χ0) is 13.7. The Bertz CT molecular complexity index is 520. The van der Waals surface area contributed by atoms with Crippen molar-refractivity contribution in [3.05, 3.63) is 59.3 Å². The Hall–Kier alpha value is -1.87. The Labute approximate surface area is 115 Å². The normalized spacial score (nSPS) is 10.7. The SMILES string of the molecule is CNc1ncccc1CN(C)Cc1ccc(C)cc1. The minimum atomic E-state index is 0.887. The van der Waals surface area contributed by atoms with E-state index in [9.17, 15) is 0 Å². The van der Waals surface area contributed by atoms with E-state index in [1.807, 2.05) is 19.3 Å². The fraction of sp³-hybridized carbons (Fsp3) is 0.312. The van der Waals surface area contributed by atoms with Crippen LogP contribution in [-0.4, -0.2) is 24.0 Å². The average Bonchev–Trinajstić information content (AvgIpc) is 2.42. The molecule has 0 saturated heterocycles. The first kappa shape index (κ1) is 13.6. The molecule has 0 atom stereocenters. The molecular formula is C16H21N3. The number of rotatable bonds is 5. The van der Waals surface area contributed by atoms with E-state index in [0.29, 0.717) is 0 Å². The molecule has 1 aromatic carbocycles. The highest BCUT2D eigenvalue weighted by Crippen LogP contribution is 2.14. The Morgan fingerprint density at radius 3 is 2.53 bits per heavy atom. The molecule has 2 aromatic rings. The maximum Gasteiger partial charge on any atom is 0.130 e. The molecule has 1 N–H and O–H groups in total. The molecule has 0 aliphatic rings. The predicted molar refractivity (Wildman–Crippen MR) is 80.1 cm³/mol. The summed E-state index contributed by atoms with van der Waals surface area (Å²) in [5, 5.41) is 3.13. The predicted octanol–water partition coefficient (Wildman–Crippen LogP) is 3.06. The third kappa shape index (κ3) is 3.80. The van der Waals surface area contributed by atoms with E-state index >= 15 is 0 Å². The first-order chi connectivity index (χ1) is 9.19. The van der Waals surface area contributed by atoms with Crippen LogP contribution in [0.2, 0.25) is 0 Å². The lowest BCUT2D eigenvalue weighted by molar-refractivity contribution is 0.319. The Balaban J connectivity index is 2.01. The van der Waals surface area contributed by atoms with Crippen LogP contribution in [0.1, 0.15) is 16.7 Å². The van der Waals surface area contributed by atoms with Crippen LogP contribution in [0.25, 0.3) is 0 Å². The van der Waals surface area contributed by atoms with E-state index in [0.717, 1.165) is 18.9 Å². The van der Waals surface area contributed by atoms with Gasteiger partial charge in [0.25, 0.3) is 0 Å². The molecule has 0 radical (unpaired) electrons. The van der Waals surface area contributed by atoms with Crippen LogP contribution in [0.5, 0.6) is 0 Å². The van der Waals surface area contributed by atoms with Gasteiger partial charge in [0.1, 0.15) is 5.82 Å². The fourth-order valence-electron chi connectivity index (χ4n) is 2.14. The van der Waals surface area contributed by atoms with Gasteiger partial charge in [-0.3, -0.25) is 4.90 Å². The van der Waals surface area contributed by atoms with Gasteiger partial charge in [-0.15, -0.1) is 0 Å². The maximum absolute atomic E-state index is 4.33. The maximum atomic E-state index is 4.33. The first-order valence-corrected chi connectivity index (χ1v) is 6.55. The number of anilines is 1. The molecular weight excluding hydrogens is 234 g/mol. The lowest BCUT2D eigenvalue weighted by Crippen LogP contribution is -2.18. The standard InChI is InChI=1S/C16H21N3/c1-13-6-8-14(9-7-13)11-19(3)12-15-5-4-10-18-16(15)17-2/h4-10H,11-12H2,1-3H3,(H,17,18). The van der Waals surface area contributed by atoms with Gasteiger partial charge in [0.2, 0.25) is 0 Å². The molecule has 0 fully saturated rings. The topological polar surface area (TPSA) is 28.2 Å². The highest BCUT2D eigenvalue weighted by atomic mass is 15.1. The summed E-state index contributed by atoms with van der Waals surface area (Å²) in [6.45, 7) is 3.94. The van der Waals surface area contributed by atoms with Crippen LogP contribution in [-0.2, 0) is 13.1 Å². The fourth-order valence-corrected chi connectivity index (χ4v) is 2.14. The largest absolute Gasteiger partial charge is 0.373 e. The van der Waals surface area contributed by atoms with Gasteiger partial charge >= 0.3 is 0 Å². The van der Waals surface area contributed by atoms with Gasteiger partial charge in [-0.25, -0.2) is 4.98 Å². The second-order valence-corrected chi connectivity index (χ2v) is 4.92. The molecule has 19 heavy (non-hydrogen) atoms. The highest BCUT2D eigenvalue weighted by Gasteiger charge is 2.06. The van der Waals surface area contributed by atoms with E-state index in [2.05, 4.69) is 59.5 Å². The number of nitrogens with zero attached hydrogens (tertiary/aromatic N) is 2. The van der Waals surface area contributed by atoms with Crippen molar-refractivity contribution in [2.24, 2.45) is 0 Å². The number of aryl methyl sites for hydroxylation is 1. The van der Waals surface area contributed by atoms with Crippen LogP contribution < -0.4 is 5.32 Å². The molecule has 0 amide bonds. The minimum absolute atomic E-state index is 0.887. The number of hydrogen-bond donors (Lipinski definition) is 1. The lowest BCUT2D eigenvalue weighted by atomic mass is 10.1. The summed E-state index contributed by atoms with van der Waals surface area (Å²) in [5.74, 6) is 0.957. The van der Waals surface area contributed by atoms with Gasteiger partial charge in [-0.2, -0.15) is 0 Å². The van der Waals surface area contributed by atoms with Crippen molar-refractivity contribution in [2.45, 2.75) is 20.0 Å². The monoisotopic (exact) mass is 255 g/mol. The Kier molecular flexibility index (Phi) is 4.53. The molecule has 3 heteroatoms. The molecule has 1 aromatic heterocycles. The van der Waals surface area contributed by atoms with Gasteiger partial charge in [-0.05, 0) is 25.6 Å². The van der Waals surface area contributed by atoms with E-state index in [4.69, 9.17) is 0 Å². The summed E-state index contributed by atoms with van der Waals surface area (Å²) in [4.78, 5) is 6.63. The molecule has 0 aliphatic carbocycles. The molecule has 0 spiro atoms. The third-order valence-electron chi connectivity index (χ3n) is 3.14. The summed E-state index contributed by atoms with van der Waals surface area (Å²) < 4.78 is 0. The summed E-state index contributed by atoms with van der Waals surface area (Å²) in [7, 11) is 4.04. The summed E-state index contributed by atoms with van der Waals surface area (Å²) in [5.41, 5.74) is 3.86. The van der Waals surface area contributed by atoms with Gasteiger partial charge in [-0.1, -0.05) is 35.9 Å². The summed E-state index contributed by atoms with van der Waals surface area (Å²) >= 11 is 0. The zero-order valence-corrected chi connectivity index (χ0v) is 11.9. The van der Waals surface area contributed by atoms with Gasteiger partial charge in [0.05, 0.1) is 0 Å². The molecule has 0 unspecified atom stereocenters. The van der Waals surface area contributed by atoms with Crippen molar-refractivity contribution in [1.29, 1.82) is 0 Å². The van der Waals surface area contributed by atoms with Crippen molar-refractivity contribution >= 4 is 5.82 Å². The van der Waals surface area contributed by atoms with Crippen LogP contribution in [0.3, 0.4) is 0 Å².